The third kappa shape index (κ3) is 4.42. The highest BCUT2D eigenvalue weighted by atomic mass is 16.5. The Kier molecular flexibility index (Phi) is 4.83. The van der Waals surface area contributed by atoms with Crippen molar-refractivity contribution in [2.75, 3.05) is 11.9 Å². The van der Waals surface area contributed by atoms with Gasteiger partial charge in [0.25, 0.3) is 5.91 Å². The minimum absolute atomic E-state index is 0.177. The van der Waals surface area contributed by atoms with Crippen LogP contribution in [-0.2, 0) is 14.9 Å². The number of rotatable bonds is 4. The predicted molar refractivity (Wildman–Crippen MR) is 85.3 cm³/mol. The third-order valence-corrected chi connectivity index (χ3v) is 3.24. The van der Waals surface area contributed by atoms with E-state index in [1.807, 2.05) is 26.8 Å². The Morgan fingerprint density at radius 2 is 1.96 bits per heavy atom. The molecule has 0 aliphatic carbocycles. The van der Waals surface area contributed by atoms with Gasteiger partial charge < -0.3 is 9.26 Å². The van der Waals surface area contributed by atoms with E-state index in [1.54, 1.807) is 31.2 Å². The number of carbonyl (C=O) groups is 2. The van der Waals surface area contributed by atoms with E-state index in [2.05, 4.69) is 10.5 Å². The first-order chi connectivity index (χ1) is 10.8. The van der Waals surface area contributed by atoms with Crippen molar-refractivity contribution in [2.24, 2.45) is 0 Å². The van der Waals surface area contributed by atoms with Crippen LogP contribution in [-0.4, -0.2) is 23.6 Å². The van der Waals surface area contributed by atoms with Gasteiger partial charge in [-0.05, 0) is 18.6 Å². The monoisotopic (exact) mass is 316 g/mol. The normalized spacial score (nSPS) is 11.1. The molecule has 2 rings (SSSR count). The maximum Gasteiger partial charge on any atom is 0.338 e. The molecule has 0 atom stereocenters. The Morgan fingerprint density at radius 1 is 1.26 bits per heavy atom. The van der Waals surface area contributed by atoms with Crippen LogP contribution < -0.4 is 5.32 Å². The summed E-state index contributed by atoms with van der Waals surface area (Å²) < 4.78 is 10.1. The number of amides is 1. The second kappa shape index (κ2) is 6.64. The number of hydrogen-bond acceptors (Lipinski definition) is 5. The van der Waals surface area contributed by atoms with Crippen LogP contribution in [0.15, 0.2) is 34.9 Å². The van der Waals surface area contributed by atoms with E-state index in [9.17, 15) is 9.59 Å². The summed E-state index contributed by atoms with van der Waals surface area (Å²) in [6.45, 7) is 7.37. The molecule has 2 aromatic rings. The van der Waals surface area contributed by atoms with E-state index in [4.69, 9.17) is 9.26 Å². The zero-order chi connectivity index (χ0) is 17.0. The summed E-state index contributed by atoms with van der Waals surface area (Å²) in [6.07, 6.45) is 0. The number of nitrogens with one attached hydrogen (secondary N) is 1. The smallest absolute Gasteiger partial charge is 0.338 e. The van der Waals surface area contributed by atoms with E-state index < -0.39 is 18.5 Å². The molecule has 122 valence electrons. The summed E-state index contributed by atoms with van der Waals surface area (Å²) in [5.41, 5.74) is 1.78. The molecule has 6 heteroatoms. The van der Waals surface area contributed by atoms with Gasteiger partial charge in [0.05, 0.1) is 11.3 Å². The van der Waals surface area contributed by atoms with Crippen molar-refractivity contribution in [3.63, 3.8) is 0 Å². The largest absolute Gasteiger partial charge is 0.452 e. The molecular weight excluding hydrogens is 296 g/mol. The first-order valence-electron chi connectivity index (χ1n) is 7.27. The minimum atomic E-state index is -0.536. The number of carbonyl (C=O) groups excluding carboxylic acids is 2. The summed E-state index contributed by atoms with van der Waals surface area (Å²) in [6, 6.07) is 8.68. The van der Waals surface area contributed by atoms with Gasteiger partial charge in [0.1, 0.15) is 0 Å². The molecule has 1 amide bonds. The van der Waals surface area contributed by atoms with Crippen molar-refractivity contribution in [3.05, 3.63) is 47.2 Å². The number of hydrogen-bond donors (Lipinski definition) is 1. The van der Waals surface area contributed by atoms with E-state index >= 15 is 0 Å². The maximum atomic E-state index is 11.9. The van der Waals surface area contributed by atoms with Crippen molar-refractivity contribution < 1.29 is 18.8 Å². The Balaban J connectivity index is 1.89. The van der Waals surface area contributed by atoms with E-state index in [-0.39, 0.29) is 11.3 Å². The molecule has 0 aliphatic heterocycles. The van der Waals surface area contributed by atoms with Crippen LogP contribution in [0.1, 0.15) is 42.4 Å². The second-order valence-corrected chi connectivity index (χ2v) is 6.27. The topological polar surface area (TPSA) is 81.4 Å². The summed E-state index contributed by atoms with van der Waals surface area (Å²) in [5.74, 6) is -0.790. The molecule has 23 heavy (non-hydrogen) atoms. The fourth-order valence-corrected chi connectivity index (χ4v) is 1.87. The van der Waals surface area contributed by atoms with E-state index in [0.717, 1.165) is 11.3 Å². The van der Waals surface area contributed by atoms with Crippen molar-refractivity contribution in [2.45, 2.75) is 33.1 Å². The summed E-state index contributed by atoms with van der Waals surface area (Å²) >= 11 is 0. The molecule has 1 aromatic heterocycles. The highest BCUT2D eigenvalue weighted by Crippen LogP contribution is 2.23. The van der Waals surface area contributed by atoms with Crippen LogP contribution in [0.5, 0.6) is 0 Å². The van der Waals surface area contributed by atoms with Crippen molar-refractivity contribution in [1.29, 1.82) is 0 Å². The molecule has 1 heterocycles. The highest BCUT2D eigenvalue weighted by molar-refractivity contribution is 5.95. The van der Waals surface area contributed by atoms with Crippen LogP contribution in [0.2, 0.25) is 0 Å². The first kappa shape index (κ1) is 16.7. The summed E-state index contributed by atoms with van der Waals surface area (Å²) in [5, 5.41) is 6.41. The first-order valence-corrected chi connectivity index (χ1v) is 7.27. The quantitative estimate of drug-likeness (QED) is 0.877. The molecule has 0 fully saturated rings. The van der Waals surface area contributed by atoms with E-state index in [1.165, 1.54) is 0 Å². The van der Waals surface area contributed by atoms with Crippen molar-refractivity contribution in [1.82, 2.24) is 5.16 Å². The van der Waals surface area contributed by atoms with Gasteiger partial charge in [-0.25, -0.2) is 4.79 Å². The number of aromatic nitrogens is 1. The fraction of sp³-hybridized carbons (Fsp3) is 0.353. The zero-order valence-corrected chi connectivity index (χ0v) is 13.7. The summed E-state index contributed by atoms with van der Waals surface area (Å²) in [7, 11) is 0. The lowest BCUT2D eigenvalue weighted by Crippen LogP contribution is -2.21. The van der Waals surface area contributed by atoms with Crippen LogP contribution in [0.3, 0.4) is 0 Å². The summed E-state index contributed by atoms with van der Waals surface area (Å²) in [4.78, 5) is 23.7. The lowest BCUT2D eigenvalue weighted by Gasteiger charge is -2.12. The van der Waals surface area contributed by atoms with Gasteiger partial charge in [0.2, 0.25) is 5.88 Å². The van der Waals surface area contributed by atoms with Gasteiger partial charge in [-0.3, -0.25) is 10.1 Å². The SMILES string of the molecule is Cc1ccccc1C(=O)OCC(=O)Nc1cc(C(C)(C)C)no1. The standard InChI is InChI=1S/C17H20N2O4/c1-11-7-5-6-8-12(11)16(21)22-10-14(20)18-15-9-13(19-23-15)17(2,3)4/h5-9H,10H2,1-4H3,(H,18,20). The van der Waals surface area contributed by atoms with Gasteiger partial charge >= 0.3 is 5.97 Å². The molecule has 0 radical (unpaired) electrons. The Bertz CT molecular complexity index is 713. The Hall–Kier alpha value is -2.63. The number of benzene rings is 1. The second-order valence-electron chi connectivity index (χ2n) is 6.27. The molecule has 6 nitrogen and oxygen atoms in total. The van der Waals surface area contributed by atoms with Crippen LogP contribution >= 0.6 is 0 Å². The van der Waals surface area contributed by atoms with E-state index in [0.29, 0.717) is 5.56 Å². The molecular formula is C17H20N2O4. The van der Waals surface area contributed by atoms with Crippen molar-refractivity contribution >= 4 is 17.8 Å². The Morgan fingerprint density at radius 3 is 2.57 bits per heavy atom. The Labute approximate surface area is 134 Å². The predicted octanol–water partition coefficient (Wildman–Crippen LogP) is 3.08. The highest BCUT2D eigenvalue weighted by Gasteiger charge is 2.20. The zero-order valence-electron chi connectivity index (χ0n) is 13.7. The number of anilines is 1. The maximum absolute atomic E-state index is 11.9. The average Bonchev–Trinajstić information content (AvgIpc) is 2.94. The van der Waals surface area contributed by atoms with Gasteiger partial charge in [-0.1, -0.05) is 44.1 Å². The average molecular weight is 316 g/mol. The molecule has 0 spiro atoms. The van der Waals surface area contributed by atoms with Gasteiger partial charge in [-0.2, -0.15) is 0 Å². The molecule has 0 bridgehead atoms. The molecule has 0 saturated heterocycles. The van der Waals surface area contributed by atoms with Gasteiger partial charge in [0.15, 0.2) is 6.61 Å². The van der Waals surface area contributed by atoms with Crippen LogP contribution in [0.25, 0.3) is 0 Å². The number of ether oxygens (including phenoxy) is 1. The number of esters is 1. The molecule has 0 saturated carbocycles. The lowest BCUT2D eigenvalue weighted by atomic mass is 9.92. The fourth-order valence-electron chi connectivity index (χ4n) is 1.87. The number of aryl methyl sites for hydroxylation is 1. The lowest BCUT2D eigenvalue weighted by molar-refractivity contribution is -0.119. The van der Waals surface area contributed by atoms with Crippen LogP contribution in [0, 0.1) is 6.92 Å². The molecule has 1 N–H and O–H groups in total. The number of nitrogens with zero attached hydrogens (tertiary/aromatic N) is 1. The van der Waals surface area contributed by atoms with Crippen molar-refractivity contribution in [3.8, 4) is 0 Å². The molecule has 0 unspecified atom stereocenters. The van der Waals surface area contributed by atoms with Gasteiger partial charge in [0, 0.05) is 11.5 Å². The third-order valence-electron chi connectivity index (χ3n) is 3.24. The molecule has 0 aliphatic rings. The van der Waals surface area contributed by atoms with Gasteiger partial charge in [-0.15, -0.1) is 0 Å². The van der Waals surface area contributed by atoms with Crippen LogP contribution in [0.4, 0.5) is 5.88 Å². The molecule has 1 aromatic carbocycles. The minimum Gasteiger partial charge on any atom is -0.452 e.